The molecule has 3 heterocycles. The van der Waals surface area contributed by atoms with Gasteiger partial charge in [-0.15, -0.1) is 0 Å². The molecule has 0 saturated carbocycles. The zero-order chi connectivity index (χ0) is 13.8. The van der Waals surface area contributed by atoms with Crippen molar-refractivity contribution in [2.75, 3.05) is 39.5 Å². The SMILES string of the molecule is CC(CN1CCCCC1)NC1CCOC2(CCOC2)C1. The Morgan fingerprint density at radius 2 is 2.10 bits per heavy atom. The van der Waals surface area contributed by atoms with Gasteiger partial charge in [0.25, 0.3) is 0 Å². The van der Waals surface area contributed by atoms with Gasteiger partial charge in [0.2, 0.25) is 0 Å². The molecule has 3 rings (SSSR count). The van der Waals surface area contributed by atoms with Crippen molar-refractivity contribution in [1.29, 1.82) is 0 Å². The van der Waals surface area contributed by atoms with Crippen LogP contribution in [-0.2, 0) is 9.47 Å². The van der Waals surface area contributed by atoms with E-state index in [4.69, 9.17) is 9.47 Å². The predicted molar refractivity (Wildman–Crippen MR) is 80.0 cm³/mol. The first kappa shape index (κ1) is 14.8. The minimum Gasteiger partial charge on any atom is -0.378 e. The number of rotatable bonds is 4. The number of nitrogens with one attached hydrogen (secondary N) is 1. The highest BCUT2D eigenvalue weighted by Crippen LogP contribution is 2.32. The molecule has 0 aromatic rings. The molecule has 0 aliphatic carbocycles. The summed E-state index contributed by atoms with van der Waals surface area (Å²) in [5.74, 6) is 0. The molecule has 0 radical (unpaired) electrons. The molecule has 20 heavy (non-hydrogen) atoms. The van der Waals surface area contributed by atoms with E-state index in [0.29, 0.717) is 12.1 Å². The average Bonchev–Trinajstić information content (AvgIpc) is 2.87. The van der Waals surface area contributed by atoms with Gasteiger partial charge in [0, 0.05) is 38.3 Å². The molecule has 0 amide bonds. The normalized spacial score (nSPS) is 37.4. The minimum absolute atomic E-state index is 0.0285. The van der Waals surface area contributed by atoms with E-state index in [0.717, 1.165) is 39.1 Å². The highest BCUT2D eigenvalue weighted by molar-refractivity contribution is 4.93. The monoisotopic (exact) mass is 282 g/mol. The third kappa shape index (κ3) is 3.73. The molecule has 1 spiro atoms. The number of piperidine rings is 1. The number of hydrogen-bond donors (Lipinski definition) is 1. The molecule has 3 aliphatic rings. The maximum Gasteiger partial charge on any atom is 0.0951 e. The maximum atomic E-state index is 6.01. The molecule has 3 fully saturated rings. The second-order valence-corrected chi connectivity index (χ2v) is 6.95. The van der Waals surface area contributed by atoms with E-state index in [1.165, 1.54) is 38.9 Å². The molecule has 3 atom stereocenters. The lowest BCUT2D eigenvalue weighted by Gasteiger charge is -2.39. The first-order valence-corrected chi connectivity index (χ1v) is 8.46. The number of nitrogens with zero attached hydrogens (tertiary/aromatic N) is 1. The fourth-order valence-electron chi connectivity index (χ4n) is 4.02. The highest BCUT2D eigenvalue weighted by atomic mass is 16.6. The van der Waals surface area contributed by atoms with Gasteiger partial charge < -0.3 is 19.7 Å². The van der Waals surface area contributed by atoms with E-state index >= 15 is 0 Å². The number of likely N-dealkylation sites (tertiary alicyclic amines) is 1. The number of ether oxygens (including phenoxy) is 2. The molecule has 3 saturated heterocycles. The molecule has 3 aliphatic heterocycles. The van der Waals surface area contributed by atoms with Crippen LogP contribution in [0.4, 0.5) is 0 Å². The zero-order valence-corrected chi connectivity index (χ0v) is 12.9. The average molecular weight is 282 g/mol. The second-order valence-electron chi connectivity index (χ2n) is 6.95. The summed E-state index contributed by atoms with van der Waals surface area (Å²) < 4.78 is 11.6. The standard InChI is InChI=1S/C16H30N2O2/c1-14(12-18-7-3-2-4-8-18)17-15-5-9-20-16(11-15)6-10-19-13-16/h14-15,17H,2-13H2,1H3. The Morgan fingerprint density at radius 3 is 2.85 bits per heavy atom. The third-order valence-corrected chi connectivity index (χ3v) is 5.06. The maximum absolute atomic E-state index is 6.01. The zero-order valence-electron chi connectivity index (χ0n) is 12.9. The van der Waals surface area contributed by atoms with Crippen molar-refractivity contribution in [2.24, 2.45) is 0 Å². The fraction of sp³-hybridized carbons (Fsp3) is 1.00. The molecule has 1 N–H and O–H groups in total. The van der Waals surface area contributed by atoms with Gasteiger partial charge in [0.15, 0.2) is 0 Å². The Kier molecular flexibility index (Phi) is 4.97. The van der Waals surface area contributed by atoms with Crippen LogP contribution in [0.1, 0.15) is 45.4 Å². The van der Waals surface area contributed by atoms with Crippen molar-refractivity contribution in [3.05, 3.63) is 0 Å². The quantitative estimate of drug-likeness (QED) is 0.852. The van der Waals surface area contributed by atoms with Crippen molar-refractivity contribution >= 4 is 0 Å². The molecule has 116 valence electrons. The van der Waals surface area contributed by atoms with Crippen molar-refractivity contribution in [3.63, 3.8) is 0 Å². The van der Waals surface area contributed by atoms with E-state index in [2.05, 4.69) is 17.1 Å². The summed E-state index contributed by atoms with van der Waals surface area (Å²) in [4.78, 5) is 2.62. The largest absolute Gasteiger partial charge is 0.378 e. The summed E-state index contributed by atoms with van der Waals surface area (Å²) in [5, 5.41) is 3.84. The van der Waals surface area contributed by atoms with Crippen molar-refractivity contribution in [1.82, 2.24) is 10.2 Å². The van der Waals surface area contributed by atoms with Crippen LogP contribution < -0.4 is 5.32 Å². The lowest BCUT2D eigenvalue weighted by atomic mass is 9.89. The molecule has 0 aromatic heterocycles. The molecule has 3 unspecified atom stereocenters. The molecule has 0 aromatic carbocycles. The lowest BCUT2D eigenvalue weighted by Crippen LogP contribution is -2.52. The summed E-state index contributed by atoms with van der Waals surface area (Å²) in [7, 11) is 0. The molecule has 0 bridgehead atoms. The topological polar surface area (TPSA) is 33.7 Å². The summed E-state index contributed by atoms with van der Waals surface area (Å²) in [5.41, 5.74) is 0.0285. The summed E-state index contributed by atoms with van der Waals surface area (Å²) in [6.07, 6.45) is 7.52. The van der Waals surface area contributed by atoms with Gasteiger partial charge in [-0.25, -0.2) is 0 Å². The molecular formula is C16H30N2O2. The predicted octanol–water partition coefficient (Wildman–Crippen LogP) is 1.79. The van der Waals surface area contributed by atoms with Crippen molar-refractivity contribution < 1.29 is 9.47 Å². The van der Waals surface area contributed by atoms with E-state index in [-0.39, 0.29) is 5.60 Å². The van der Waals surface area contributed by atoms with Crippen LogP contribution in [0.15, 0.2) is 0 Å². The van der Waals surface area contributed by atoms with Crippen molar-refractivity contribution in [2.45, 2.75) is 63.1 Å². The Labute approximate surface area is 123 Å². The van der Waals surface area contributed by atoms with Crippen LogP contribution in [0.5, 0.6) is 0 Å². The van der Waals surface area contributed by atoms with Crippen molar-refractivity contribution in [3.8, 4) is 0 Å². The van der Waals surface area contributed by atoms with E-state index in [9.17, 15) is 0 Å². The van der Waals surface area contributed by atoms with Gasteiger partial charge >= 0.3 is 0 Å². The van der Waals surface area contributed by atoms with Gasteiger partial charge in [0.1, 0.15) is 0 Å². The highest BCUT2D eigenvalue weighted by Gasteiger charge is 2.41. The first-order valence-electron chi connectivity index (χ1n) is 8.46. The van der Waals surface area contributed by atoms with E-state index in [1.54, 1.807) is 0 Å². The fourth-order valence-corrected chi connectivity index (χ4v) is 4.02. The Morgan fingerprint density at radius 1 is 1.25 bits per heavy atom. The van der Waals surface area contributed by atoms with E-state index < -0.39 is 0 Å². The summed E-state index contributed by atoms with van der Waals surface area (Å²) >= 11 is 0. The summed E-state index contributed by atoms with van der Waals surface area (Å²) in [6.45, 7) is 8.66. The van der Waals surface area contributed by atoms with Gasteiger partial charge in [-0.1, -0.05) is 6.42 Å². The molecule has 4 nitrogen and oxygen atoms in total. The van der Waals surface area contributed by atoms with Gasteiger partial charge in [-0.05, 0) is 45.7 Å². The Bertz CT molecular complexity index is 299. The van der Waals surface area contributed by atoms with Crippen LogP contribution in [0.25, 0.3) is 0 Å². The minimum atomic E-state index is 0.0285. The Balaban J connectivity index is 1.44. The van der Waals surface area contributed by atoms with E-state index in [1.807, 2.05) is 0 Å². The van der Waals surface area contributed by atoms with Crippen LogP contribution in [0.3, 0.4) is 0 Å². The Hall–Kier alpha value is -0.160. The lowest BCUT2D eigenvalue weighted by molar-refractivity contribution is -0.0904. The van der Waals surface area contributed by atoms with Crippen LogP contribution >= 0.6 is 0 Å². The molecule has 4 heteroatoms. The van der Waals surface area contributed by atoms with Crippen LogP contribution in [0.2, 0.25) is 0 Å². The number of hydrogen-bond acceptors (Lipinski definition) is 4. The first-order chi connectivity index (χ1) is 9.76. The van der Waals surface area contributed by atoms with Crippen LogP contribution in [-0.4, -0.2) is 62.0 Å². The summed E-state index contributed by atoms with van der Waals surface area (Å²) in [6, 6.07) is 1.18. The smallest absolute Gasteiger partial charge is 0.0951 e. The van der Waals surface area contributed by atoms with Gasteiger partial charge in [0.05, 0.1) is 12.2 Å². The third-order valence-electron chi connectivity index (χ3n) is 5.06. The van der Waals surface area contributed by atoms with Crippen LogP contribution in [0, 0.1) is 0 Å². The van der Waals surface area contributed by atoms with Gasteiger partial charge in [-0.3, -0.25) is 0 Å². The molecular weight excluding hydrogens is 252 g/mol. The van der Waals surface area contributed by atoms with Gasteiger partial charge in [-0.2, -0.15) is 0 Å². The second kappa shape index (κ2) is 6.73.